The fourth-order valence-corrected chi connectivity index (χ4v) is 2.37. The number of carbonyl (C=O) groups is 1. The second-order valence-electron chi connectivity index (χ2n) is 4.48. The summed E-state index contributed by atoms with van der Waals surface area (Å²) in [4.78, 5) is 14.1. The van der Waals surface area contributed by atoms with E-state index in [1.807, 2.05) is 4.90 Å². The summed E-state index contributed by atoms with van der Waals surface area (Å²) in [7, 11) is 0. The number of carbonyl (C=O) groups excluding carboxylic acids is 1. The first-order valence-electron chi connectivity index (χ1n) is 5.88. The Morgan fingerprint density at radius 1 is 1.38 bits per heavy atom. The molecule has 0 aromatic carbocycles. The molecule has 94 valence electrons. The standard InChI is InChI=1S/C11H20N2O2.ClH/c1-9-8-10(2-7-15-9)11(14)13-5-3-12-4-6-13;/h9-10,12H,2-8H2,1H3;1H. The van der Waals surface area contributed by atoms with Crippen LogP contribution in [0.4, 0.5) is 0 Å². The molecule has 16 heavy (non-hydrogen) atoms. The molecule has 2 saturated heterocycles. The van der Waals surface area contributed by atoms with Gasteiger partial charge < -0.3 is 15.0 Å². The SMILES string of the molecule is CC1CC(C(=O)N2CCNCC2)CCO1.Cl. The molecule has 0 saturated carbocycles. The number of ether oxygens (including phenoxy) is 1. The van der Waals surface area contributed by atoms with Crippen LogP contribution in [-0.4, -0.2) is 49.7 Å². The number of piperazine rings is 1. The summed E-state index contributed by atoms with van der Waals surface area (Å²) in [6.45, 7) is 6.39. The molecule has 2 unspecified atom stereocenters. The third kappa shape index (κ3) is 3.34. The van der Waals surface area contributed by atoms with Gasteiger partial charge in [0.15, 0.2) is 0 Å². The Kier molecular flexibility index (Phi) is 5.52. The topological polar surface area (TPSA) is 41.6 Å². The molecule has 0 aliphatic carbocycles. The van der Waals surface area contributed by atoms with Gasteiger partial charge in [-0.3, -0.25) is 4.79 Å². The Labute approximate surface area is 103 Å². The zero-order valence-electron chi connectivity index (χ0n) is 9.78. The smallest absolute Gasteiger partial charge is 0.225 e. The van der Waals surface area contributed by atoms with Gasteiger partial charge in [-0.15, -0.1) is 12.4 Å². The van der Waals surface area contributed by atoms with Crippen molar-refractivity contribution in [3.63, 3.8) is 0 Å². The van der Waals surface area contributed by atoms with Gasteiger partial charge in [-0.1, -0.05) is 0 Å². The Morgan fingerprint density at radius 2 is 2.06 bits per heavy atom. The molecule has 0 aromatic heterocycles. The number of halogens is 1. The maximum absolute atomic E-state index is 12.1. The molecule has 1 N–H and O–H groups in total. The highest BCUT2D eigenvalue weighted by atomic mass is 35.5. The zero-order valence-corrected chi connectivity index (χ0v) is 10.6. The lowest BCUT2D eigenvalue weighted by atomic mass is 9.94. The summed E-state index contributed by atoms with van der Waals surface area (Å²) in [5.74, 6) is 0.540. The summed E-state index contributed by atoms with van der Waals surface area (Å²) < 4.78 is 5.46. The van der Waals surface area contributed by atoms with Crippen molar-refractivity contribution in [2.45, 2.75) is 25.9 Å². The van der Waals surface area contributed by atoms with E-state index in [2.05, 4.69) is 12.2 Å². The van der Waals surface area contributed by atoms with Crippen LogP contribution in [0.3, 0.4) is 0 Å². The van der Waals surface area contributed by atoms with Crippen molar-refractivity contribution in [1.29, 1.82) is 0 Å². The number of hydrogen-bond acceptors (Lipinski definition) is 3. The minimum absolute atomic E-state index is 0. The van der Waals surface area contributed by atoms with Gasteiger partial charge in [0.1, 0.15) is 0 Å². The Bertz CT molecular complexity index is 232. The lowest BCUT2D eigenvalue weighted by molar-refractivity contribution is -0.140. The van der Waals surface area contributed by atoms with Crippen molar-refractivity contribution in [3.05, 3.63) is 0 Å². The summed E-state index contributed by atoms with van der Waals surface area (Å²) >= 11 is 0. The molecule has 2 atom stereocenters. The Hall–Kier alpha value is -0.320. The van der Waals surface area contributed by atoms with Crippen molar-refractivity contribution >= 4 is 18.3 Å². The Balaban J connectivity index is 0.00000128. The first-order chi connectivity index (χ1) is 7.27. The number of nitrogens with one attached hydrogen (secondary N) is 1. The zero-order chi connectivity index (χ0) is 10.7. The molecule has 0 aromatic rings. The van der Waals surface area contributed by atoms with Crippen LogP contribution in [0, 0.1) is 5.92 Å². The molecular weight excluding hydrogens is 228 g/mol. The monoisotopic (exact) mass is 248 g/mol. The second-order valence-corrected chi connectivity index (χ2v) is 4.48. The quantitative estimate of drug-likeness (QED) is 0.741. The third-order valence-electron chi connectivity index (χ3n) is 3.26. The van der Waals surface area contributed by atoms with Gasteiger partial charge in [0.25, 0.3) is 0 Å². The van der Waals surface area contributed by atoms with E-state index in [-0.39, 0.29) is 24.4 Å². The molecule has 0 radical (unpaired) electrons. The highest BCUT2D eigenvalue weighted by molar-refractivity contribution is 5.85. The molecular formula is C11H21ClN2O2. The second kappa shape index (κ2) is 6.42. The molecule has 0 spiro atoms. The highest BCUT2D eigenvalue weighted by Crippen LogP contribution is 2.22. The van der Waals surface area contributed by atoms with Crippen LogP contribution < -0.4 is 5.32 Å². The van der Waals surface area contributed by atoms with Crippen LogP contribution in [0.25, 0.3) is 0 Å². The van der Waals surface area contributed by atoms with E-state index >= 15 is 0 Å². The molecule has 5 heteroatoms. The molecule has 0 bridgehead atoms. The first-order valence-corrected chi connectivity index (χ1v) is 5.88. The number of rotatable bonds is 1. The van der Waals surface area contributed by atoms with Gasteiger partial charge in [-0.2, -0.15) is 0 Å². The maximum atomic E-state index is 12.1. The van der Waals surface area contributed by atoms with Crippen LogP contribution in [0.2, 0.25) is 0 Å². The summed E-state index contributed by atoms with van der Waals surface area (Å²) in [6, 6.07) is 0. The van der Waals surface area contributed by atoms with Crippen LogP contribution in [0.5, 0.6) is 0 Å². The Morgan fingerprint density at radius 3 is 2.69 bits per heavy atom. The van der Waals surface area contributed by atoms with Crippen LogP contribution in [-0.2, 0) is 9.53 Å². The van der Waals surface area contributed by atoms with Gasteiger partial charge in [-0.25, -0.2) is 0 Å². The predicted molar refractivity (Wildman–Crippen MR) is 64.8 cm³/mol. The lowest BCUT2D eigenvalue weighted by Gasteiger charge is -2.33. The third-order valence-corrected chi connectivity index (χ3v) is 3.26. The number of hydrogen-bond donors (Lipinski definition) is 1. The van der Waals surface area contributed by atoms with Gasteiger partial charge in [0, 0.05) is 38.7 Å². The summed E-state index contributed by atoms with van der Waals surface area (Å²) in [5.41, 5.74) is 0. The van der Waals surface area contributed by atoms with Crippen LogP contribution >= 0.6 is 12.4 Å². The normalized spacial score (nSPS) is 30.7. The number of amides is 1. The van der Waals surface area contributed by atoms with Crippen molar-refractivity contribution in [1.82, 2.24) is 10.2 Å². The molecule has 2 aliphatic rings. The van der Waals surface area contributed by atoms with E-state index in [4.69, 9.17) is 4.74 Å². The number of nitrogens with zero attached hydrogens (tertiary/aromatic N) is 1. The summed E-state index contributed by atoms with van der Waals surface area (Å²) in [6.07, 6.45) is 2.03. The van der Waals surface area contributed by atoms with Gasteiger partial charge >= 0.3 is 0 Å². The molecule has 2 heterocycles. The molecule has 4 nitrogen and oxygen atoms in total. The molecule has 1 amide bonds. The van der Waals surface area contributed by atoms with Crippen molar-refractivity contribution < 1.29 is 9.53 Å². The average Bonchev–Trinajstić information content (AvgIpc) is 2.29. The minimum Gasteiger partial charge on any atom is -0.378 e. The van der Waals surface area contributed by atoms with Crippen LogP contribution in [0.15, 0.2) is 0 Å². The summed E-state index contributed by atoms with van der Waals surface area (Å²) in [5, 5.41) is 3.26. The van der Waals surface area contributed by atoms with E-state index in [1.54, 1.807) is 0 Å². The van der Waals surface area contributed by atoms with Gasteiger partial charge in [0.2, 0.25) is 5.91 Å². The molecule has 2 aliphatic heterocycles. The van der Waals surface area contributed by atoms with E-state index in [1.165, 1.54) is 0 Å². The predicted octanol–water partition coefficient (Wildman–Crippen LogP) is 0.655. The average molecular weight is 249 g/mol. The maximum Gasteiger partial charge on any atom is 0.225 e. The highest BCUT2D eigenvalue weighted by Gasteiger charge is 2.29. The molecule has 2 fully saturated rings. The van der Waals surface area contributed by atoms with Crippen LogP contribution in [0.1, 0.15) is 19.8 Å². The van der Waals surface area contributed by atoms with E-state index in [0.29, 0.717) is 5.91 Å². The van der Waals surface area contributed by atoms with E-state index in [0.717, 1.165) is 45.6 Å². The van der Waals surface area contributed by atoms with Crippen molar-refractivity contribution in [2.24, 2.45) is 5.92 Å². The lowest BCUT2D eigenvalue weighted by Crippen LogP contribution is -2.49. The van der Waals surface area contributed by atoms with Crippen molar-refractivity contribution in [3.8, 4) is 0 Å². The fraction of sp³-hybridized carbons (Fsp3) is 0.909. The largest absolute Gasteiger partial charge is 0.378 e. The van der Waals surface area contributed by atoms with Gasteiger partial charge in [-0.05, 0) is 19.8 Å². The van der Waals surface area contributed by atoms with Gasteiger partial charge in [0.05, 0.1) is 6.10 Å². The van der Waals surface area contributed by atoms with Crippen molar-refractivity contribution in [2.75, 3.05) is 32.8 Å². The fourth-order valence-electron chi connectivity index (χ4n) is 2.37. The van der Waals surface area contributed by atoms with E-state index in [9.17, 15) is 4.79 Å². The molecule has 2 rings (SSSR count). The van der Waals surface area contributed by atoms with E-state index < -0.39 is 0 Å². The minimum atomic E-state index is 0. The first kappa shape index (κ1) is 13.7.